The van der Waals surface area contributed by atoms with E-state index in [-0.39, 0.29) is 0 Å². The molecular weight excluding hydrogens is 264 g/mol. The number of pyridine rings is 1. The highest BCUT2D eigenvalue weighted by Crippen LogP contribution is 2.09. The molecule has 0 saturated carbocycles. The van der Waals surface area contributed by atoms with Crippen molar-refractivity contribution < 1.29 is 0 Å². The van der Waals surface area contributed by atoms with E-state index in [1.54, 1.807) is 0 Å². The van der Waals surface area contributed by atoms with Gasteiger partial charge in [-0.1, -0.05) is 6.92 Å². The summed E-state index contributed by atoms with van der Waals surface area (Å²) in [6.45, 7) is 5.58. The summed E-state index contributed by atoms with van der Waals surface area (Å²) < 4.78 is 1.05. The van der Waals surface area contributed by atoms with E-state index < -0.39 is 0 Å². The molecule has 0 aliphatic carbocycles. The third-order valence-electron chi connectivity index (χ3n) is 2.60. The van der Waals surface area contributed by atoms with Crippen molar-refractivity contribution in [2.24, 2.45) is 0 Å². The molecule has 1 N–H and O–H groups in total. The Morgan fingerprint density at radius 2 is 2.25 bits per heavy atom. The highest BCUT2D eigenvalue weighted by molar-refractivity contribution is 9.10. The molecule has 16 heavy (non-hydrogen) atoms. The molecule has 2 nitrogen and oxygen atoms in total. The number of nitrogens with one attached hydrogen (secondary N) is 1. The molecule has 3 heteroatoms. The molecule has 1 unspecified atom stereocenters. The van der Waals surface area contributed by atoms with Gasteiger partial charge in [0, 0.05) is 22.4 Å². The molecule has 0 aromatic carbocycles. The summed E-state index contributed by atoms with van der Waals surface area (Å²) in [5.41, 5.74) is 1.19. The highest BCUT2D eigenvalue weighted by Gasteiger charge is 2.01. The minimum atomic E-state index is 0.621. The van der Waals surface area contributed by atoms with Crippen molar-refractivity contribution in [2.45, 2.75) is 45.6 Å². The van der Waals surface area contributed by atoms with Crippen LogP contribution in [0.25, 0.3) is 0 Å². The second-order valence-corrected chi connectivity index (χ2v) is 5.13. The van der Waals surface area contributed by atoms with Crippen LogP contribution in [0.5, 0.6) is 0 Å². The van der Waals surface area contributed by atoms with Gasteiger partial charge in [-0.25, -0.2) is 0 Å². The van der Waals surface area contributed by atoms with Crippen molar-refractivity contribution >= 4 is 15.9 Å². The lowest BCUT2D eigenvalue weighted by molar-refractivity contribution is 0.497. The molecule has 0 fully saturated rings. The van der Waals surface area contributed by atoms with Gasteiger partial charge in [-0.15, -0.1) is 0 Å². The zero-order valence-corrected chi connectivity index (χ0v) is 11.8. The van der Waals surface area contributed by atoms with E-state index in [0.717, 1.165) is 17.4 Å². The van der Waals surface area contributed by atoms with Crippen molar-refractivity contribution in [1.29, 1.82) is 0 Å². The van der Waals surface area contributed by atoms with Gasteiger partial charge >= 0.3 is 0 Å². The van der Waals surface area contributed by atoms with Crippen molar-refractivity contribution in [3.8, 4) is 0 Å². The Balaban J connectivity index is 2.17. The maximum Gasteiger partial charge on any atom is 0.0413 e. The van der Waals surface area contributed by atoms with E-state index in [4.69, 9.17) is 0 Å². The molecule has 0 aliphatic rings. The van der Waals surface area contributed by atoms with Crippen LogP contribution in [-0.2, 0) is 6.42 Å². The highest BCUT2D eigenvalue weighted by atomic mass is 79.9. The molecule has 1 aromatic heterocycles. The predicted molar refractivity (Wildman–Crippen MR) is 72.6 cm³/mol. The summed E-state index contributed by atoms with van der Waals surface area (Å²) in [7, 11) is 0. The normalized spacial score (nSPS) is 12.7. The van der Waals surface area contributed by atoms with Gasteiger partial charge in [0.15, 0.2) is 0 Å². The number of hydrogen-bond acceptors (Lipinski definition) is 2. The number of aryl methyl sites for hydroxylation is 1. The minimum absolute atomic E-state index is 0.621. The summed E-state index contributed by atoms with van der Waals surface area (Å²) in [6, 6.07) is 4.77. The van der Waals surface area contributed by atoms with Crippen molar-refractivity contribution in [2.75, 3.05) is 6.54 Å². The zero-order chi connectivity index (χ0) is 11.8. The smallest absolute Gasteiger partial charge is 0.0413 e. The number of hydrogen-bond donors (Lipinski definition) is 1. The molecule has 0 amide bonds. The average Bonchev–Trinajstić information content (AvgIpc) is 2.29. The number of aromatic nitrogens is 1. The molecule has 1 atom stereocenters. The predicted octanol–water partition coefficient (Wildman–Crippen LogP) is 3.55. The van der Waals surface area contributed by atoms with E-state index in [0.29, 0.717) is 6.04 Å². The lowest BCUT2D eigenvalue weighted by Crippen LogP contribution is -2.26. The molecule has 1 heterocycles. The Hall–Kier alpha value is -0.410. The fourth-order valence-corrected chi connectivity index (χ4v) is 1.87. The van der Waals surface area contributed by atoms with Gasteiger partial charge in [-0.3, -0.25) is 4.98 Å². The summed E-state index contributed by atoms with van der Waals surface area (Å²) in [5.74, 6) is 0. The second kappa shape index (κ2) is 7.80. The molecule has 0 aliphatic heterocycles. The fourth-order valence-electron chi connectivity index (χ4n) is 1.64. The molecular formula is C13H21BrN2. The summed E-state index contributed by atoms with van der Waals surface area (Å²) in [4.78, 5) is 4.37. The maximum absolute atomic E-state index is 4.37. The molecule has 1 rings (SSSR count). The first-order valence-corrected chi connectivity index (χ1v) is 6.85. The molecule has 0 bridgehead atoms. The van der Waals surface area contributed by atoms with Crippen LogP contribution in [0.4, 0.5) is 0 Å². The van der Waals surface area contributed by atoms with Gasteiger partial charge in [0.25, 0.3) is 0 Å². The van der Waals surface area contributed by atoms with Crippen molar-refractivity contribution in [1.82, 2.24) is 10.3 Å². The topological polar surface area (TPSA) is 24.9 Å². The number of nitrogens with zero attached hydrogens (tertiary/aromatic N) is 1. The Bertz CT molecular complexity index is 284. The van der Waals surface area contributed by atoms with Gasteiger partial charge < -0.3 is 5.32 Å². The van der Waals surface area contributed by atoms with E-state index in [9.17, 15) is 0 Å². The quantitative estimate of drug-likeness (QED) is 0.828. The van der Waals surface area contributed by atoms with E-state index in [2.05, 4.69) is 52.2 Å². The third kappa shape index (κ3) is 5.61. The van der Waals surface area contributed by atoms with Gasteiger partial charge in [0.1, 0.15) is 0 Å². The van der Waals surface area contributed by atoms with Crippen LogP contribution in [-0.4, -0.2) is 17.6 Å². The van der Waals surface area contributed by atoms with E-state index in [1.165, 1.54) is 25.0 Å². The largest absolute Gasteiger partial charge is 0.314 e. The van der Waals surface area contributed by atoms with Gasteiger partial charge in [0.2, 0.25) is 0 Å². The Morgan fingerprint density at radius 1 is 1.44 bits per heavy atom. The van der Waals surface area contributed by atoms with Crippen LogP contribution in [0.3, 0.4) is 0 Å². The first-order valence-electron chi connectivity index (χ1n) is 6.06. The summed E-state index contributed by atoms with van der Waals surface area (Å²) in [5, 5.41) is 3.50. The first-order chi connectivity index (χ1) is 7.72. The van der Waals surface area contributed by atoms with Crippen molar-refractivity contribution in [3.05, 3.63) is 28.5 Å². The van der Waals surface area contributed by atoms with Crippen LogP contribution in [0.2, 0.25) is 0 Å². The Kier molecular flexibility index (Phi) is 6.65. The average molecular weight is 285 g/mol. The lowest BCUT2D eigenvalue weighted by atomic mass is 10.1. The van der Waals surface area contributed by atoms with Gasteiger partial charge in [0.05, 0.1) is 0 Å². The van der Waals surface area contributed by atoms with Gasteiger partial charge in [-0.2, -0.15) is 0 Å². The number of halogens is 1. The SMILES string of the molecule is CCCNC(C)CCCc1ccc(Br)cn1. The van der Waals surface area contributed by atoms with Crippen LogP contribution in [0, 0.1) is 0 Å². The van der Waals surface area contributed by atoms with Crippen molar-refractivity contribution in [3.63, 3.8) is 0 Å². The molecule has 90 valence electrons. The van der Waals surface area contributed by atoms with Crippen LogP contribution in [0.15, 0.2) is 22.8 Å². The first kappa shape index (κ1) is 13.7. The summed E-state index contributed by atoms with van der Waals surface area (Å²) >= 11 is 3.39. The fraction of sp³-hybridized carbons (Fsp3) is 0.615. The standard InChI is InChI=1S/C13H21BrN2/c1-3-9-15-11(2)5-4-6-13-8-7-12(14)10-16-13/h7-8,10-11,15H,3-6,9H2,1-2H3. The molecule has 0 spiro atoms. The Morgan fingerprint density at radius 3 is 2.88 bits per heavy atom. The van der Waals surface area contributed by atoms with Crippen LogP contribution >= 0.6 is 15.9 Å². The van der Waals surface area contributed by atoms with Crippen LogP contribution < -0.4 is 5.32 Å². The monoisotopic (exact) mass is 284 g/mol. The Labute approximate surface area is 107 Å². The van der Waals surface area contributed by atoms with E-state index in [1.807, 2.05) is 6.20 Å². The lowest BCUT2D eigenvalue weighted by Gasteiger charge is -2.12. The molecule has 1 aromatic rings. The maximum atomic E-state index is 4.37. The van der Waals surface area contributed by atoms with Gasteiger partial charge in [-0.05, 0) is 67.2 Å². The number of rotatable bonds is 7. The van der Waals surface area contributed by atoms with E-state index >= 15 is 0 Å². The zero-order valence-electron chi connectivity index (χ0n) is 10.2. The van der Waals surface area contributed by atoms with Crippen LogP contribution in [0.1, 0.15) is 38.8 Å². The summed E-state index contributed by atoms with van der Waals surface area (Å²) in [6.07, 6.45) is 6.57. The molecule has 0 radical (unpaired) electrons. The third-order valence-corrected chi connectivity index (χ3v) is 3.07. The minimum Gasteiger partial charge on any atom is -0.314 e. The molecule has 0 saturated heterocycles. The second-order valence-electron chi connectivity index (χ2n) is 4.22.